The summed E-state index contributed by atoms with van der Waals surface area (Å²) in [7, 11) is 0. The van der Waals surface area contributed by atoms with Crippen LogP contribution in [0.4, 0.5) is 0 Å². The van der Waals surface area contributed by atoms with Crippen molar-refractivity contribution in [2.45, 2.75) is 6.17 Å². The number of fused-ring (bicyclic) bond motifs is 3. The third-order valence-corrected chi connectivity index (χ3v) is 8.07. The van der Waals surface area contributed by atoms with E-state index in [0.717, 1.165) is 55.3 Å². The molecule has 5 heteroatoms. The summed E-state index contributed by atoms with van der Waals surface area (Å²) in [4.78, 5) is 10.2. The average Bonchev–Trinajstić information content (AvgIpc) is 3.50. The molecule has 7 aromatic rings. The fourth-order valence-electron chi connectivity index (χ4n) is 5.93. The molecule has 0 bridgehead atoms. The fraction of sp³-hybridized carbons (Fsp3) is 0.0250. The molecule has 1 unspecified atom stereocenters. The number of aliphatic imine (C=N–C) groups is 2. The van der Waals surface area contributed by atoms with E-state index in [1.54, 1.807) is 6.07 Å². The van der Waals surface area contributed by atoms with Crippen molar-refractivity contribution in [1.29, 1.82) is 5.26 Å². The highest BCUT2D eigenvalue weighted by molar-refractivity contribution is 6.19. The van der Waals surface area contributed by atoms with Crippen molar-refractivity contribution in [3.8, 4) is 28.3 Å². The molecular formula is C40H25N4O-. The molecule has 6 aromatic carbocycles. The fourth-order valence-corrected chi connectivity index (χ4v) is 5.93. The van der Waals surface area contributed by atoms with E-state index in [-0.39, 0.29) is 0 Å². The summed E-state index contributed by atoms with van der Waals surface area (Å²) in [6.07, 6.45) is -0.648. The number of hydrogen-bond donors (Lipinski definition) is 0. The lowest BCUT2D eigenvalue weighted by Crippen LogP contribution is -2.16. The maximum absolute atomic E-state index is 9.95. The van der Waals surface area contributed by atoms with Gasteiger partial charge in [-0.25, -0.2) is 0 Å². The van der Waals surface area contributed by atoms with Crippen LogP contribution in [-0.4, -0.2) is 11.7 Å². The molecule has 0 saturated heterocycles. The number of amidine groups is 2. The van der Waals surface area contributed by atoms with Gasteiger partial charge in [0.25, 0.3) is 0 Å². The lowest BCUT2D eigenvalue weighted by atomic mass is 9.99. The molecule has 0 amide bonds. The SMILES string of the molecule is N#Cc1cc(C2N=C(c3cccc(-c4ccccc4)c3)N=C(c3cccc(-c4ccccc4)c3)[N-]2)c2c(c1)oc1ccccc12. The Morgan fingerprint density at radius 2 is 1.18 bits per heavy atom. The van der Waals surface area contributed by atoms with E-state index in [1.807, 2.05) is 91.0 Å². The van der Waals surface area contributed by atoms with E-state index < -0.39 is 6.17 Å². The third-order valence-electron chi connectivity index (χ3n) is 8.07. The van der Waals surface area contributed by atoms with Crippen molar-refractivity contribution in [3.63, 3.8) is 0 Å². The average molecular weight is 578 g/mol. The zero-order chi connectivity index (χ0) is 30.2. The Morgan fingerprint density at radius 3 is 1.89 bits per heavy atom. The van der Waals surface area contributed by atoms with Gasteiger partial charge in [-0.3, -0.25) is 4.99 Å². The standard InChI is InChI=1S/C40H25N4O/c41-25-26-21-34(37-33-19-7-8-20-35(33)45-36(37)22-26)40-43-38(31-17-9-15-29(23-31)27-11-3-1-4-12-27)42-39(44-40)32-18-10-16-30(24-32)28-13-5-2-6-14-28/h1-24,40H/q-1. The smallest absolute Gasteiger partial charge is 0.137 e. The zero-order valence-electron chi connectivity index (χ0n) is 24.1. The van der Waals surface area contributed by atoms with Crippen LogP contribution in [0.3, 0.4) is 0 Å². The van der Waals surface area contributed by atoms with E-state index in [2.05, 4.69) is 54.6 Å². The molecule has 1 aromatic heterocycles. The molecule has 212 valence electrons. The summed E-state index contributed by atoms with van der Waals surface area (Å²) < 4.78 is 6.21. The van der Waals surface area contributed by atoms with Gasteiger partial charge in [0.2, 0.25) is 0 Å². The van der Waals surface area contributed by atoms with Crippen molar-refractivity contribution in [2.24, 2.45) is 9.98 Å². The third kappa shape index (κ3) is 4.95. The molecule has 1 aliphatic rings. The number of rotatable bonds is 5. The second kappa shape index (κ2) is 11.1. The summed E-state index contributed by atoms with van der Waals surface area (Å²) in [6.45, 7) is 0. The molecule has 0 saturated carbocycles. The summed E-state index contributed by atoms with van der Waals surface area (Å²) in [5.41, 5.74) is 8.84. The monoisotopic (exact) mass is 577 g/mol. The lowest BCUT2D eigenvalue weighted by molar-refractivity contribution is 0.668. The summed E-state index contributed by atoms with van der Waals surface area (Å²) in [6, 6.07) is 51.0. The van der Waals surface area contributed by atoms with Crippen LogP contribution >= 0.6 is 0 Å². The van der Waals surface area contributed by atoms with Gasteiger partial charge in [-0.2, -0.15) is 5.26 Å². The Hall–Kier alpha value is -6.25. The maximum atomic E-state index is 9.95. The number of benzene rings is 6. The lowest BCUT2D eigenvalue weighted by Gasteiger charge is -2.33. The van der Waals surface area contributed by atoms with Gasteiger partial charge in [-0.15, -0.1) is 0 Å². The van der Waals surface area contributed by atoms with Gasteiger partial charge in [0, 0.05) is 10.8 Å². The quantitative estimate of drug-likeness (QED) is 0.204. The van der Waals surface area contributed by atoms with Crippen molar-refractivity contribution in [3.05, 3.63) is 173 Å². The van der Waals surface area contributed by atoms with Gasteiger partial charge in [-0.05, 0) is 69.3 Å². The highest BCUT2D eigenvalue weighted by atomic mass is 16.3. The van der Waals surface area contributed by atoms with Crippen molar-refractivity contribution in [2.75, 3.05) is 0 Å². The van der Waals surface area contributed by atoms with Crippen molar-refractivity contribution in [1.82, 2.24) is 0 Å². The predicted octanol–water partition coefficient (Wildman–Crippen LogP) is 10.1. The first-order valence-electron chi connectivity index (χ1n) is 14.8. The first-order valence-corrected chi connectivity index (χ1v) is 14.8. The molecule has 0 spiro atoms. The molecule has 0 aliphatic carbocycles. The van der Waals surface area contributed by atoms with E-state index >= 15 is 0 Å². The molecule has 0 N–H and O–H groups in total. The molecule has 1 aliphatic heterocycles. The summed E-state index contributed by atoms with van der Waals surface area (Å²) >= 11 is 0. The molecule has 5 nitrogen and oxygen atoms in total. The second-order valence-corrected chi connectivity index (χ2v) is 10.9. The Morgan fingerprint density at radius 1 is 0.578 bits per heavy atom. The highest BCUT2D eigenvalue weighted by Gasteiger charge is 2.21. The van der Waals surface area contributed by atoms with Gasteiger partial charge in [0.1, 0.15) is 11.2 Å². The van der Waals surface area contributed by atoms with Gasteiger partial charge in [0.15, 0.2) is 0 Å². The number of hydrogen-bond acceptors (Lipinski definition) is 4. The van der Waals surface area contributed by atoms with Crippen LogP contribution in [0.25, 0.3) is 49.5 Å². The molecule has 8 rings (SSSR count). The van der Waals surface area contributed by atoms with Crippen LogP contribution in [0.15, 0.2) is 160 Å². The molecule has 0 radical (unpaired) electrons. The van der Waals surface area contributed by atoms with Crippen LogP contribution in [0.2, 0.25) is 0 Å². The van der Waals surface area contributed by atoms with Crippen LogP contribution < -0.4 is 0 Å². The molecular weight excluding hydrogens is 552 g/mol. The van der Waals surface area contributed by atoms with E-state index in [9.17, 15) is 5.26 Å². The minimum Gasteiger partial charge on any atom is -0.456 e. The predicted molar refractivity (Wildman–Crippen MR) is 181 cm³/mol. The Kier molecular flexibility index (Phi) is 6.51. The van der Waals surface area contributed by atoms with Gasteiger partial charge in [-0.1, -0.05) is 121 Å². The Balaban J connectivity index is 1.32. The van der Waals surface area contributed by atoms with E-state index in [0.29, 0.717) is 22.8 Å². The highest BCUT2D eigenvalue weighted by Crippen LogP contribution is 2.40. The normalized spacial score (nSPS) is 14.4. The minimum atomic E-state index is -0.648. The summed E-state index contributed by atoms with van der Waals surface area (Å²) in [5, 5.41) is 16.9. The molecule has 45 heavy (non-hydrogen) atoms. The Bertz CT molecular complexity index is 2310. The topological polar surface area (TPSA) is 75.8 Å². The first-order chi connectivity index (χ1) is 22.2. The minimum absolute atomic E-state index is 0.490. The molecule has 2 heterocycles. The van der Waals surface area contributed by atoms with Crippen LogP contribution in [0.5, 0.6) is 0 Å². The van der Waals surface area contributed by atoms with E-state index in [4.69, 9.17) is 19.7 Å². The van der Waals surface area contributed by atoms with Crippen LogP contribution in [0, 0.1) is 11.3 Å². The van der Waals surface area contributed by atoms with Crippen molar-refractivity contribution < 1.29 is 4.42 Å². The maximum Gasteiger partial charge on any atom is 0.137 e. The van der Waals surface area contributed by atoms with Gasteiger partial charge < -0.3 is 14.7 Å². The zero-order valence-corrected chi connectivity index (χ0v) is 24.1. The Labute approximate surface area is 260 Å². The number of furan rings is 1. The molecule has 1 atom stereocenters. The number of nitrogens with zero attached hydrogens (tertiary/aromatic N) is 4. The first kappa shape index (κ1) is 26.4. The number of nitriles is 1. The number of para-hydroxylation sites is 1. The summed E-state index contributed by atoms with van der Waals surface area (Å²) in [5.74, 6) is 1.16. The van der Waals surface area contributed by atoms with Crippen LogP contribution in [0.1, 0.15) is 28.4 Å². The van der Waals surface area contributed by atoms with Crippen molar-refractivity contribution >= 4 is 33.6 Å². The second-order valence-electron chi connectivity index (χ2n) is 10.9. The van der Waals surface area contributed by atoms with E-state index in [1.165, 1.54) is 0 Å². The molecule has 0 fully saturated rings. The van der Waals surface area contributed by atoms with Gasteiger partial charge >= 0.3 is 0 Å². The largest absolute Gasteiger partial charge is 0.456 e. The van der Waals surface area contributed by atoms with Gasteiger partial charge in [0.05, 0.1) is 23.6 Å². The van der Waals surface area contributed by atoms with Crippen LogP contribution in [-0.2, 0) is 0 Å².